The second-order valence-corrected chi connectivity index (χ2v) is 5.86. The van der Waals surface area contributed by atoms with E-state index in [0.717, 1.165) is 17.3 Å². The minimum Gasteiger partial charge on any atom is -0.328 e. The van der Waals surface area contributed by atoms with Crippen LogP contribution < -0.4 is 0 Å². The van der Waals surface area contributed by atoms with Crippen molar-refractivity contribution < 1.29 is 4.79 Å². The number of nitrogens with zero attached hydrogens (tertiary/aromatic N) is 5. The van der Waals surface area contributed by atoms with Gasteiger partial charge in [0.2, 0.25) is 0 Å². The molecule has 108 valence electrons. The summed E-state index contributed by atoms with van der Waals surface area (Å²) in [5, 5.41) is 7.74. The standard InChI is InChI=1S/C14H14BrN5O/c1-9-11(4-5-18-19-9)14(21)20-6-2-3-12(20)13-16-7-10(15)8-17-13/h4-5,7-8,12H,2-3,6H2,1H3/t12-/m0/s1. The summed E-state index contributed by atoms with van der Waals surface area (Å²) >= 11 is 3.32. The molecule has 0 aromatic carbocycles. The highest BCUT2D eigenvalue weighted by atomic mass is 79.9. The zero-order valence-corrected chi connectivity index (χ0v) is 13.1. The van der Waals surface area contributed by atoms with Crippen LogP contribution >= 0.6 is 15.9 Å². The molecule has 3 rings (SSSR count). The zero-order chi connectivity index (χ0) is 14.8. The van der Waals surface area contributed by atoms with Crippen LogP contribution in [0.1, 0.15) is 40.8 Å². The summed E-state index contributed by atoms with van der Waals surface area (Å²) in [6, 6.07) is 1.64. The van der Waals surface area contributed by atoms with E-state index in [9.17, 15) is 4.79 Å². The first-order valence-electron chi connectivity index (χ1n) is 6.73. The van der Waals surface area contributed by atoms with Crippen molar-refractivity contribution >= 4 is 21.8 Å². The predicted molar refractivity (Wildman–Crippen MR) is 79.5 cm³/mol. The highest BCUT2D eigenvalue weighted by Gasteiger charge is 2.33. The molecule has 2 aromatic rings. The highest BCUT2D eigenvalue weighted by molar-refractivity contribution is 9.10. The van der Waals surface area contributed by atoms with Crippen molar-refractivity contribution in [1.82, 2.24) is 25.1 Å². The predicted octanol–water partition coefficient (Wildman–Crippen LogP) is 2.31. The van der Waals surface area contributed by atoms with E-state index in [1.54, 1.807) is 31.6 Å². The molecule has 0 unspecified atom stereocenters. The number of hydrogen-bond acceptors (Lipinski definition) is 5. The summed E-state index contributed by atoms with van der Waals surface area (Å²) < 4.78 is 0.830. The van der Waals surface area contributed by atoms with Gasteiger partial charge in [0.25, 0.3) is 5.91 Å². The number of amides is 1. The Morgan fingerprint density at radius 3 is 2.86 bits per heavy atom. The van der Waals surface area contributed by atoms with Gasteiger partial charge >= 0.3 is 0 Å². The van der Waals surface area contributed by atoms with Gasteiger partial charge in [-0.25, -0.2) is 9.97 Å². The van der Waals surface area contributed by atoms with Crippen molar-refractivity contribution in [3.63, 3.8) is 0 Å². The number of carbonyl (C=O) groups is 1. The summed E-state index contributed by atoms with van der Waals surface area (Å²) in [6.45, 7) is 2.51. The average Bonchev–Trinajstić information content (AvgIpc) is 2.97. The number of likely N-dealkylation sites (tertiary alicyclic amines) is 1. The van der Waals surface area contributed by atoms with Gasteiger partial charge in [0.15, 0.2) is 5.82 Å². The summed E-state index contributed by atoms with van der Waals surface area (Å²) in [5.74, 6) is 0.653. The molecule has 1 atom stereocenters. The van der Waals surface area contributed by atoms with E-state index in [1.165, 1.54) is 0 Å². The molecular formula is C14H14BrN5O. The van der Waals surface area contributed by atoms with Crippen LogP contribution in [0.3, 0.4) is 0 Å². The van der Waals surface area contributed by atoms with Gasteiger partial charge in [-0.15, -0.1) is 0 Å². The van der Waals surface area contributed by atoms with Gasteiger partial charge in [0.05, 0.1) is 28.0 Å². The van der Waals surface area contributed by atoms with Gasteiger partial charge in [-0.05, 0) is 41.8 Å². The lowest BCUT2D eigenvalue weighted by Gasteiger charge is -2.24. The van der Waals surface area contributed by atoms with Crippen LogP contribution in [0.25, 0.3) is 0 Å². The van der Waals surface area contributed by atoms with Crippen LogP contribution in [-0.2, 0) is 0 Å². The number of aryl methyl sites for hydroxylation is 1. The maximum Gasteiger partial charge on any atom is 0.256 e. The topological polar surface area (TPSA) is 71.9 Å². The van der Waals surface area contributed by atoms with Crippen LogP contribution in [0, 0.1) is 6.92 Å². The van der Waals surface area contributed by atoms with Crippen molar-refractivity contribution in [2.24, 2.45) is 0 Å². The Labute approximate surface area is 130 Å². The second kappa shape index (κ2) is 5.85. The van der Waals surface area contributed by atoms with Crippen molar-refractivity contribution in [2.45, 2.75) is 25.8 Å². The third-order valence-electron chi connectivity index (χ3n) is 3.59. The van der Waals surface area contributed by atoms with Crippen molar-refractivity contribution in [2.75, 3.05) is 6.54 Å². The van der Waals surface area contributed by atoms with Crippen molar-refractivity contribution in [3.05, 3.63) is 46.2 Å². The van der Waals surface area contributed by atoms with Crippen LogP contribution in [0.5, 0.6) is 0 Å². The fraction of sp³-hybridized carbons (Fsp3) is 0.357. The monoisotopic (exact) mass is 347 g/mol. The first-order chi connectivity index (χ1) is 10.2. The third kappa shape index (κ3) is 2.78. The highest BCUT2D eigenvalue weighted by Crippen LogP contribution is 2.31. The molecule has 1 amide bonds. The Hall–Kier alpha value is -1.89. The molecular weight excluding hydrogens is 334 g/mol. The number of halogens is 1. The molecule has 21 heavy (non-hydrogen) atoms. The molecule has 1 saturated heterocycles. The Kier molecular flexibility index (Phi) is 3.92. The molecule has 0 N–H and O–H groups in total. The van der Waals surface area contributed by atoms with Crippen LogP contribution in [0.2, 0.25) is 0 Å². The Morgan fingerprint density at radius 2 is 2.14 bits per heavy atom. The summed E-state index contributed by atoms with van der Waals surface area (Å²) in [7, 11) is 0. The second-order valence-electron chi connectivity index (χ2n) is 4.95. The van der Waals surface area contributed by atoms with Crippen LogP contribution in [0.15, 0.2) is 29.1 Å². The number of aromatic nitrogens is 4. The normalized spacial score (nSPS) is 18.0. The molecule has 1 fully saturated rings. The lowest BCUT2D eigenvalue weighted by atomic mass is 10.1. The molecule has 0 radical (unpaired) electrons. The fourth-order valence-corrected chi connectivity index (χ4v) is 2.76. The van der Waals surface area contributed by atoms with Crippen molar-refractivity contribution in [1.29, 1.82) is 0 Å². The van der Waals surface area contributed by atoms with Crippen molar-refractivity contribution in [3.8, 4) is 0 Å². The largest absolute Gasteiger partial charge is 0.328 e. The number of carbonyl (C=O) groups excluding carboxylic acids is 1. The third-order valence-corrected chi connectivity index (χ3v) is 4.00. The van der Waals surface area contributed by atoms with Crippen LogP contribution in [-0.4, -0.2) is 37.5 Å². The molecule has 3 heterocycles. The zero-order valence-electron chi connectivity index (χ0n) is 11.5. The van der Waals surface area contributed by atoms with E-state index >= 15 is 0 Å². The lowest BCUT2D eigenvalue weighted by molar-refractivity contribution is 0.0728. The Balaban J connectivity index is 1.89. The molecule has 0 spiro atoms. The lowest BCUT2D eigenvalue weighted by Crippen LogP contribution is -2.32. The maximum atomic E-state index is 12.7. The first kappa shape index (κ1) is 14.1. The SMILES string of the molecule is Cc1nnccc1C(=O)N1CCC[C@H]1c1ncc(Br)cn1. The van der Waals surface area contributed by atoms with Crippen LogP contribution in [0.4, 0.5) is 0 Å². The molecule has 1 aliphatic heterocycles. The van der Waals surface area contributed by atoms with Gasteiger partial charge in [0, 0.05) is 18.9 Å². The van der Waals surface area contributed by atoms with Gasteiger partial charge in [-0.1, -0.05) is 0 Å². The smallest absolute Gasteiger partial charge is 0.256 e. The molecule has 0 saturated carbocycles. The van der Waals surface area contributed by atoms with E-state index in [1.807, 2.05) is 4.90 Å². The van der Waals surface area contributed by atoms with Gasteiger partial charge in [0.1, 0.15) is 0 Å². The Morgan fingerprint density at radius 1 is 1.38 bits per heavy atom. The Bertz CT molecular complexity index is 661. The fourth-order valence-electron chi connectivity index (χ4n) is 2.56. The summed E-state index contributed by atoms with van der Waals surface area (Å²) in [4.78, 5) is 23.2. The minimum absolute atomic E-state index is 0.0311. The quantitative estimate of drug-likeness (QED) is 0.833. The molecule has 6 nitrogen and oxygen atoms in total. The summed E-state index contributed by atoms with van der Waals surface area (Å²) in [6.07, 6.45) is 6.80. The molecule has 0 aliphatic carbocycles. The van der Waals surface area contributed by atoms with Gasteiger partial charge in [-0.3, -0.25) is 4.79 Å². The molecule has 1 aliphatic rings. The first-order valence-corrected chi connectivity index (χ1v) is 7.53. The van der Waals surface area contributed by atoms with E-state index in [4.69, 9.17) is 0 Å². The van der Waals surface area contributed by atoms with E-state index in [-0.39, 0.29) is 11.9 Å². The average molecular weight is 348 g/mol. The maximum absolute atomic E-state index is 12.7. The van der Waals surface area contributed by atoms with E-state index in [0.29, 0.717) is 23.6 Å². The van der Waals surface area contributed by atoms with Gasteiger partial charge in [-0.2, -0.15) is 10.2 Å². The number of rotatable bonds is 2. The molecule has 0 bridgehead atoms. The molecule has 2 aromatic heterocycles. The van der Waals surface area contributed by atoms with E-state index in [2.05, 4.69) is 36.1 Å². The summed E-state index contributed by atoms with van der Waals surface area (Å²) in [5.41, 5.74) is 1.24. The molecule has 7 heteroatoms. The minimum atomic E-state index is -0.0711. The van der Waals surface area contributed by atoms with E-state index < -0.39 is 0 Å². The van der Waals surface area contributed by atoms with Gasteiger partial charge < -0.3 is 4.90 Å². The number of hydrogen-bond donors (Lipinski definition) is 0.